The molecule has 190 valence electrons. The zero-order valence-electron chi connectivity index (χ0n) is 21.3. The lowest BCUT2D eigenvalue weighted by atomic mass is 10.0. The Morgan fingerprint density at radius 1 is 0.656 bits per heavy atom. The summed E-state index contributed by atoms with van der Waals surface area (Å²) >= 11 is 0. The molecule has 0 aliphatic rings. The Morgan fingerprint density at radius 3 is 1.69 bits per heavy atom. The number of carbonyl (C=O) groups excluding carboxylic acids is 2. The Labute approximate surface area is 197 Å². The van der Waals surface area contributed by atoms with Crippen LogP contribution in [0, 0.1) is 0 Å². The molecule has 0 aromatic carbocycles. The van der Waals surface area contributed by atoms with Gasteiger partial charge >= 0.3 is 5.97 Å². The molecule has 0 aromatic rings. The molecule has 6 nitrogen and oxygen atoms in total. The highest BCUT2D eigenvalue weighted by molar-refractivity contribution is 5.75. The van der Waals surface area contributed by atoms with Gasteiger partial charge in [0.2, 0.25) is 5.91 Å². The van der Waals surface area contributed by atoms with Gasteiger partial charge in [-0.15, -0.1) is 0 Å². The van der Waals surface area contributed by atoms with Crippen LogP contribution in [-0.4, -0.2) is 63.4 Å². The number of unbranched alkanes of at least 4 members (excludes halogenated alkanes) is 13. The molecule has 0 radical (unpaired) electrons. The van der Waals surface area contributed by atoms with Crippen LogP contribution < -0.4 is 0 Å². The molecule has 0 aliphatic heterocycles. The number of hydrogen-bond acceptors (Lipinski definition) is 5. The molecule has 1 amide bonds. The molecule has 0 heterocycles. The van der Waals surface area contributed by atoms with Gasteiger partial charge < -0.3 is 19.1 Å². The van der Waals surface area contributed by atoms with Crippen molar-refractivity contribution in [1.82, 2.24) is 4.90 Å². The number of methoxy groups -OCH3 is 1. The van der Waals surface area contributed by atoms with Gasteiger partial charge in [-0.3, -0.25) is 9.59 Å². The van der Waals surface area contributed by atoms with E-state index in [1.54, 1.807) is 12.0 Å². The van der Waals surface area contributed by atoms with Crippen LogP contribution in [0.25, 0.3) is 0 Å². The van der Waals surface area contributed by atoms with E-state index in [1.165, 1.54) is 84.0 Å². The first-order valence-corrected chi connectivity index (χ1v) is 13.1. The van der Waals surface area contributed by atoms with Crippen LogP contribution in [0.2, 0.25) is 0 Å². The van der Waals surface area contributed by atoms with Crippen molar-refractivity contribution in [2.24, 2.45) is 0 Å². The number of rotatable bonds is 24. The second-order valence-electron chi connectivity index (χ2n) is 8.68. The van der Waals surface area contributed by atoms with Gasteiger partial charge in [-0.2, -0.15) is 0 Å². The number of ether oxygens (including phenoxy) is 3. The summed E-state index contributed by atoms with van der Waals surface area (Å²) in [6.07, 6.45) is 18.6. The number of carbonyl (C=O) groups is 2. The quantitative estimate of drug-likeness (QED) is 0.133. The number of nitrogens with zero attached hydrogens (tertiary/aromatic N) is 1. The van der Waals surface area contributed by atoms with Crippen molar-refractivity contribution in [2.45, 2.75) is 110 Å². The minimum Gasteiger partial charge on any atom is -0.466 e. The maximum Gasteiger partial charge on any atom is 0.307 e. The molecule has 0 aromatic heterocycles. The molecular weight excluding hydrogens is 406 g/mol. The van der Waals surface area contributed by atoms with Crippen LogP contribution in [0.15, 0.2) is 0 Å². The van der Waals surface area contributed by atoms with Crippen LogP contribution in [-0.2, 0) is 23.8 Å². The van der Waals surface area contributed by atoms with Crippen molar-refractivity contribution in [1.29, 1.82) is 0 Å². The van der Waals surface area contributed by atoms with Gasteiger partial charge in [-0.25, -0.2) is 0 Å². The predicted octanol–water partition coefficient (Wildman–Crippen LogP) is 5.91. The van der Waals surface area contributed by atoms with Gasteiger partial charge in [-0.05, 0) is 6.42 Å². The Bertz CT molecular complexity index is 430. The molecule has 0 fully saturated rings. The van der Waals surface area contributed by atoms with Crippen molar-refractivity contribution in [3.63, 3.8) is 0 Å². The minimum atomic E-state index is -0.230. The maximum atomic E-state index is 11.9. The largest absolute Gasteiger partial charge is 0.466 e. The summed E-state index contributed by atoms with van der Waals surface area (Å²) in [5, 5.41) is 0. The molecule has 0 atom stereocenters. The SMILES string of the molecule is CCCCCCCCCCCCCCCCOC(=O)CCN(CCOCCOC)C(C)=O. The first-order chi connectivity index (χ1) is 15.6. The molecule has 0 bridgehead atoms. The Balaban J connectivity index is 3.46. The van der Waals surface area contributed by atoms with Gasteiger partial charge in [0.15, 0.2) is 0 Å². The van der Waals surface area contributed by atoms with E-state index in [2.05, 4.69) is 6.92 Å². The van der Waals surface area contributed by atoms with E-state index < -0.39 is 0 Å². The Hall–Kier alpha value is -1.14. The van der Waals surface area contributed by atoms with E-state index in [0.29, 0.717) is 39.5 Å². The Morgan fingerprint density at radius 2 is 1.19 bits per heavy atom. The number of esters is 1. The summed E-state index contributed by atoms with van der Waals surface area (Å²) in [7, 11) is 1.62. The maximum absolute atomic E-state index is 11.9. The molecule has 0 unspecified atom stereocenters. The van der Waals surface area contributed by atoms with Gasteiger partial charge in [0.1, 0.15) is 0 Å². The molecule has 0 saturated carbocycles. The fraction of sp³-hybridized carbons (Fsp3) is 0.923. The summed E-state index contributed by atoms with van der Waals surface area (Å²) < 4.78 is 15.6. The second kappa shape index (κ2) is 24.5. The summed E-state index contributed by atoms with van der Waals surface area (Å²) in [5.41, 5.74) is 0. The van der Waals surface area contributed by atoms with Gasteiger partial charge in [0, 0.05) is 27.1 Å². The van der Waals surface area contributed by atoms with Crippen LogP contribution in [0.1, 0.15) is 110 Å². The highest BCUT2D eigenvalue weighted by atomic mass is 16.5. The number of amides is 1. The first-order valence-electron chi connectivity index (χ1n) is 13.1. The zero-order valence-corrected chi connectivity index (χ0v) is 21.3. The Kier molecular flexibility index (Phi) is 23.6. The summed E-state index contributed by atoms with van der Waals surface area (Å²) in [4.78, 5) is 25.2. The van der Waals surface area contributed by atoms with Crippen LogP contribution in [0.3, 0.4) is 0 Å². The third kappa shape index (κ3) is 22.1. The third-order valence-corrected chi connectivity index (χ3v) is 5.73. The van der Waals surface area contributed by atoms with E-state index in [1.807, 2.05) is 0 Å². The second-order valence-corrected chi connectivity index (χ2v) is 8.68. The fourth-order valence-electron chi connectivity index (χ4n) is 3.63. The van der Waals surface area contributed by atoms with Crippen molar-refractivity contribution in [2.75, 3.05) is 46.6 Å². The van der Waals surface area contributed by atoms with Gasteiger partial charge in [0.25, 0.3) is 0 Å². The van der Waals surface area contributed by atoms with Crippen molar-refractivity contribution >= 4 is 11.9 Å². The number of hydrogen-bond donors (Lipinski definition) is 0. The average molecular weight is 458 g/mol. The predicted molar refractivity (Wildman–Crippen MR) is 131 cm³/mol. The molecule has 0 rings (SSSR count). The molecule has 0 spiro atoms. The lowest BCUT2D eigenvalue weighted by molar-refractivity contribution is -0.144. The summed E-state index contributed by atoms with van der Waals surface area (Å²) in [6, 6.07) is 0. The van der Waals surface area contributed by atoms with Crippen molar-refractivity contribution < 1.29 is 23.8 Å². The highest BCUT2D eigenvalue weighted by Gasteiger charge is 2.11. The van der Waals surface area contributed by atoms with Gasteiger partial charge in [-0.1, -0.05) is 90.4 Å². The molecule has 6 heteroatoms. The van der Waals surface area contributed by atoms with Crippen LogP contribution in [0.5, 0.6) is 0 Å². The van der Waals surface area contributed by atoms with Gasteiger partial charge in [0.05, 0.1) is 32.8 Å². The highest BCUT2D eigenvalue weighted by Crippen LogP contribution is 2.13. The monoisotopic (exact) mass is 457 g/mol. The standard InChI is InChI=1S/C26H51NO5/c1-4-5-6-7-8-9-10-11-12-13-14-15-16-17-21-32-26(29)18-19-27(25(2)28)20-22-31-24-23-30-3/h4-24H2,1-3H3. The minimum absolute atomic E-state index is 0.0554. The van der Waals surface area contributed by atoms with Crippen LogP contribution in [0.4, 0.5) is 0 Å². The van der Waals surface area contributed by atoms with E-state index in [9.17, 15) is 9.59 Å². The summed E-state index contributed by atoms with van der Waals surface area (Å²) in [6.45, 7) is 6.59. The van der Waals surface area contributed by atoms with Crippen molar-refractivity contribution in [3.05, 3.63) is 0 Å². The average Bonchev–Trinajstić information content (AvgIpc) is 2.78. The lowest BCUT2D eigenvalue weighted by Gasteiger charge is -2.20. The molecule has 0 N–H and O–H groups in total. The van der Waals surface area contributed by atoms with Crippen molar-refractivity contribution in [3.8, 4) is 0 Å². The molecule has 32 heavy (non-hydrogen) atoms. The zero-order chi connectivity index (χ0) is 23.7. The van der Waals surface area contributed by atoms with E-state index >= 15 is 0 Å². The van der Waals surface area contributed by atoms with E-state index in [-0.39, 0.29) is 18.3 Å². The molecule has 0 aliphatic carbocycles. The smallest absolute Gasteiger partial charge is 0.307 e. The fourth-order valence-corrected chi connectivity index (χ4v) is 3.63. The van der Waals surface area contributed by atoms with E-state index in [4.69, 9.17) is 14.2 Å². The first kappa shape index (κ1) is 30.9. The molecule has 0 saturated heterocycles. The lowest BCUT2D eigenvalue weighted by Crippen LogP contribution is -2.34. The molecular formula is C26H51NO5. The van der Waals surface area contributed by atoms with Crippen LogP contribution >= 0.6 is 0 Å². The van der Waals surface area contributed by atoms with E-state index in [0.717, 1.165) is 12.8 Å². The summed E-state index contributed by atoms with van der Waals surface area (Å²) in [5.74, 6) is -0.286. The normalized spacial score (nSPS) is 11.0. The third-order valence-electron chi connectivity index (χ3n) is 5.73. The topological polar surface area (TPSA) is 65.1 Å².